The molecule has 4 nitrogen and oxygen atoms in total. The Balaban J connectivity index is 2.49. The van der Waals surface area contributed by atoms with Gasteiger partial charge in [-0.1, -0.05) is 0 Å². The van der Waals surface area contributed by atoms with E-state index in [1.165, 1.54) is 0 Å². The van der Waals surface area contributed by atoms with Crippen LogP contribution in [0.3, 0.4) is 0 Å². The van der Waals surface area contributed by atoms with E-state index in [4.69, 9.17) is 5.73 Å². The molecule has 0 saturated heterocycles. The molecule has 0 bridgehead atoms. The molecule has 0 atom stereocenters. The summed E-state index contributed by atoms with van der Waals surface area (Å²) in [5.41, 5.74) is 8.32. The van der Waals surface area contributed by atoms with Crippen molar-refractivity contribution in [2.24, 2.45) is 5.73 Å². The second-order valence-corrected chi connectivity index (χ2v) is 3.05. The Morgan fingerprint density at radius 1 is 1.46 bits per heavy atom. The summed E-state index contributed by atoms with van der Waals surface area (Å²) in [6, 6.07) is 3.91. The zero-order valence-electron chi connectivity index (χ0n) is 7.57. The molecule has 0 spiro atoms. The topological polar surface area (TPSA) is 56.2 Å². The second-order valence-electron chi connectivity index (χ2n) is 3.05. The van der Waals surface area contributed by atoms with Crippen LogP contribution in [-0.2, 0) is 6.42 Å². The molecule has 68 valence electrons. The molecule has 0 aliphatic rings. The van der Waals surface area contributed by atoms with Gasteiger partial charge in [0.1, 0.15) is 0 Å². The van der Waals surface area contributed by atoms with E-state index < -0.39 is 0 Å². The van der Waals surface area contributed by atoms with Gasteiger partial charge in [-0.15, -0.1) is 0 Å². The number of nitrogens with zero attached hydrogens (tertiary/aromatic N) is 3. The van der Waals surface area contributed by atoms with E-state index in [1.807, 2.05) is 25.3 Å². The Labute approximate surface area is 76.4 Å². The van der Waals surface area contributed by atoms with Gasteiger partial charge in [0, 0.05) is 6.42 Å². The van der Waals surface area contributed by atoms with Gasteiger partial charge in [0.2, 0.25) is 0 Å². The van der Waals surface area contributed by atoms with Crippen LogP contribution in [0.5, 0.6) is 0 Å². The lowest BCUT2D eigenvalue weighted by atomic mass is 10.3. The summed E-state index contributed by atoms with van der Waals surface area (Å²) >= 11 is 0. The number of aryl methyl sites for hydroxylation is 1. The smallest absolute Gasteiger partial charge is 0.153 e. The molecule has 0 fully saturated rings. The van der Waals surface area contributed by atoms with Crippen molar-refractivity contribution >= 4 is 5.65 Å². The standard InChI is InChI=1S/C9H12N4/c1-7-2-3-9-11-8(4-5-10)6-13(9)12-7/h2-3,6H,4-5,10H2,1H3. The lowest BCUT2D eigenvalue weighted by Gasteiger charge is -1.91. The van der Waals surface area contributed by atoms with Crippen molar-refractivity contribution < 1.29 is 0 Å². The fourth-order valence-corrected chi connectivity index (χ4v) is 1.29. The third kappa shape index (κ3) is 1.53. The highest BCUT2D eigenvalue weighted by Crippen LogP contribution is 2.04. The van der Waals surface area contributed by atoms with Crippen LogP contribution < -0.4 is 5.73 Å². The summed E-state index contributed by atoms with van der Waals surface area (Å²) in [5, 5.41) is 4.29. The number of nitrogens with two attached hydrogens (primary N) is 1. The molecule has 0 radical (unpaired) electrons. The monoisotopic (exact) mass is 176 g/mol. The quantitative estimate of drug-likeness (QED) is 0.726. The van der Waals surface area contributed by atoms with Crippen LogP contribution in [-0.4, -0.2) is 21.1 Å². The van der Waals surface area contributed by atoms with Crippen LogP contribution in [0.1, 0.15) is 11.4 Å². The van der Waals surface area contributed by atoms with Crippen molar-refractivity contribution in [1.82, 2.24) is 14.6 Å². The maximum Gasteiger partial charge on any atom is 0.153 e. The first-order valence-electron chi connectivity index (χ1n) is 4.31. The lowest BCUT2D eigenvalue weighted by molar-refractivity contribution is 0.891. The van der Waals surface area contributed by atoms with Gasteiger partial charge in [-0.3, -0.25) is 0 Å². The van der Waals surface area contributed by atoms with Crippen molar-refractivity contribution in [3.8, 4) is 0 Å². The fourth-order valence-electron chi connectivity index (χ4n) is 1.29. The number of rotatable bonds is 2. The average Bonchev–Trinajstić information content (AvgIpc) is 2.46. The summed E-state index contributed by atoms with van der Waals surface area (Å²) in [6.07, 6.45) is 2.73. The number of hydrogen-bond donors (Lipinski definition) is 1. The van der Waals surface area contributed by atoms with Gasteiger partial charge < -0.3 is 5.73 Å². The van der Waals surface area contributed by atoms with Crippen LogP contribution in [0, 0.1) is 6.92 Å². The van der Waals surface area contributed by atoms with E-state index in [2.05, 4.69) is 10.1 Å². The van der Waals surface area contributed by atoms with Crippen LogP contribution in [0.4, 0.5) is 0 Å². The largest absolute Gasteiger partial charge is 0.330 e. The van der Waals surface area contributed by atoms with Crippen LogP contribution in [0.2, 0.25) is 0 Å². The van der Waals surface area contributed by atoms with Crippen molar-refractivity contribution in [2.75, 3.05) is 6.54 Å². The predicted octanol–water partition coefficient (Wildman–Crippen LogP) is 0.539. The summed E-state index contributed by atoms with van der Waals surface area (Å²) < 4.78 is 1.79. The molecule has 0 saturated carbocycles. The van der Waals surface area contributed by atoms with E-state index in [9.17, 15) is 0 Å². The summed E-state index contributed by atoms with van der Waals surface area (Å²) in [7, 11) is 0. The minimum absolute atomic E-state index is 0.628. The van der Waals surface area contributed by atoms with Crippen LogP contribution in [0.25, 0.3) is 5.65 Å². The maximum absolute atomic E-state index is 5.44. The third-order valence-corrected chi connectivity index (χ3v) is 1.90. The molecule has 2 heterocycles. The summed E-state index contributed by atoms with van der Waals surface area (Å²) in [4.78, 5) is 4.36. The van der Waals surface area contributed by atoms with Gasteiger partial charge in [-0.05, 0) is 25.6 Å². The van der Waals surface area contributed by atoms with Crippen molar-refractivity contribution in [3.05, 3.63) is 29.7 Å². The van der Waals surface area contributed by atoms with E-state index in [0.29, 0.717) is 6.54 Å². The van der Waals surface area contributed by atoms with E-state index in [0.717, 1.165) is 23.5 Å². The molecular formula is C9H12N4. The molecule has 0 unspecified atom stereocenters. The minimum atomic E-state index is 0.628. The van der Waals surface area contributed by atoms with E-state index >= 15 is 0 Å². The summed E-state index contributed by atoms with van der Waals surface area (Å²) in [6.45, 7) is 2.59. The first-order valence-corrected chi connectivity index (χ1v) is 4.31. The van der Waals surface area contributed by atoms with Crippen molar-refractivity contribution in [3.63, 3.8) is 0 Å². The number of fused-ring (bicyclic) bond motifs is 1. The molecule has 2 aromatic heterocycles. The normalized spacial score (nSPS) is 10.9. The minimum Gasteiger partial charge on any atom is -0.330 e. The molecular weight excluding hydrogens is 164 g/mol. The van der Waals surface area contributed by atoms with Gasteiger partial charge in [0.25, 0.3) is 0 Å². The number of imidazole rings is 1. The Kier molecular flexibility index (Phi) is 1.98. The Hall–Kier alpha value is -1.42. The van der Waals surface area contributed by atoms with Gasteiger partial charge in [0.05, 0.1) is 17.6 Å². The SMILES string of the molecule is Cc1ccc2nc(CCN)cn2n1. The highest BCUT2D eigenvalue weighted by atomic mass is 15.2. The molecule has 0 aliphatic heterocycles. The van der Waals surface area contributed by atoms with E-state index in [-0.39, 0.29) is 0 Å². The van der Waals surface area contributed by atoms with Crippen LogP contribution >= 0.6 is 0 Å². The molecule has 0 amide bonds. The van der Waals surface area contributed by atoms with Gasteiger partial charge in [-0.25, -0.2) is 9.50 Å². The molecule has 2 N–H and O–H groups in total. The zero-order valence-corrected chi connectivity index (χ0v) is 7.57. The lowest BCUT2D eigenvalue weighted by Crippen LogP contribution is -2.02. The van der Waals surface area contributed by atoms with Gasteiger partial charge in [0.15, 0.2) is 5.65 Å². The van der Waals surface area contributed by atoms with Crippen LogP contribution in [0.15, 0.2) is 18.3 Å². The molecule has 2 rings (SSSR count). The molecule has 4 heteroatoms. The highest BCUT2D eigenvalue weighted by Gasteiger charge is 2.00. The fraction of sp³-hybridized carbons (Fsp3) is 0.333. The van der Waals surface area contributed by atoms with Crippen molar-refractivity contribution in [1.29, 1.82) is 0 Å². The third-order valence-electron chi connectivity index (χ3n) is 1.90. The van der Waals surface area contributed by atoms with Crippen molar-refractivity contribution in [2.45, 2.75) is 13.3 Å². The molecule has 13 heavy (non-hydrogen) atoms. The Bertz CT molecular complexity index is 418. The number of hydrogen-bond acceptors (Lipinski definition) is 3. The molecule has 0 aromatic carbocycles. The van der Waals surface area contributed by atoms with Gasteiger partial charge in [-0.2, -0.15) is 5.10 Å². The first-order chi connectivity index (χ1) is 6.29. The van der Waals surface area contributed by atoms with E-state index in [1.54, 1.807) is 4.52 Å². The predicted molar refractivity (Wildman–Crippen MR) is 50.5 cm³/mol. The second kappa shape index (κ2) is 3.14. The Morgan fingerprint density at radius 3 is 3.08 bits per heavy atom. The zero-order chi connectivity index (χ0) is 9.26. The molecule has 2 aromatic rings. The maximum atomic E-state index is 5.44. The molecule has 0 aliphatic carbocycles. The average molecular weight is 176 g/mol. The summed E-state index contributed by atoms with van der Waals surface area (Å²) in [5.74, 6) is 0. The first kappa shape index (κ1) is 8.19. The Morgan fingerprint density at radius 2 is 2.31 bits per heavy atom. The highest BCUT2D eigenvalue weighted by molar-refractivity contribution is 5.38. The van der Waals surface area contributed by atoms with Gasteiger partial charge >= 0.3 is 0 Å². The number of aromatic nitrogens is 3.